The Morgan fingerprint density at radius 3 is 2.22 bits per heavy atom. The number of hydrogen-bond donors (Lipinski definition) is 1. The first-order valence-corrected chi connectivity index (χ1v) is 6.64. The van der Waals surface area contributed by atoms with Crippen molar-refractivity contribution in [2.75, 3.05) is 33.7 Å². The molecular weight excluding hydrogens is 232 g/mol. The van der Waals surface area contributed by atoms with Crippen molar-refractivity contribution < 1.29 is 14.6 Å². The van der Waals surface area contributed by atoms with E-state index < -0.39 is 5.97 Å². The second kappa shape index (κ2) is 7.07. The van der Waals surface area contributed by atoms with E-state index in [1.54, 1.807) is 0 Å². The molecule has 0 aromatic carbocycles. The van der Waals surface area contributed by atoms with Crippen LogP contribution in [0.3, 0.4) is 0 Å². The summed E-state index contributed by atoms with van der Waals surface area (Å²) in [5.74, 6) is -0.749. The second-order valence-corrected chi connectivity index (χ2v) is 5.55. The summed E-state index contributed by atoms with van der Waals surface area (Å²) in [6.07, 6.45) is 2.28. The minimum atomic E-state index is -0.749. The first-order chi connectivity index (χ1) is 8.38. The minimum absolute atomic E-state index is 0.123. The van der Waals surface area contributed by atoms with Gasteiger partial charge in [0.25, 0.3) is 0 Å². The van der Waals surface area contributed by atoms with Gasteiger partial charge in [-0.2, -0.15) is 0 Å². The molecule has 5 heteroatoms. The predicted molar refractivity (Wildman–Crippen MR) is 70.8 cm³/mol. The maximum absolute atomic E-state index is 11.0. The first kappa shape index (κ1) is 15.4. The number of carboxylic acid groups (broad SMARTS) is 1. The summed E-state index contributed by atoms with van der Waals surface area (Å²) in [6, 6.07) is 0.319. The van der Waals surface area contributed by atoms with Gasteiger partial charge in [-0.1, -0.05) is 0 Å². The largest absolute Gasteiger partial charge is 0.480 e. The van der Waals surface area contributed by atoms with Gasteiger partial charge in [0, 0.05) is 19.1 Å². The quantitative estimate of drug-likeness (QED) is 0.767. The maximum atomic E-state index is 11.0. The predicted octanol–water partition coefficient (Wildman–Crippen LogP) is 0.891. The van der Waals surface area contributed by atoms with Crippen LogP contribution in [0.5, 0.6) is 0 Å². The Hall–Kier alpha value is -0.650. The average molecular weight is 258 g/mol. The lowest BCUT2D eigenvalue weighted by Gasteiger charge is -2.39. The number of likely N-dealkylation sites (N-methyl/N-ethyl adjacent to an activating group) is 1. The summed E-state index contributed by atoms with van der Waals surface area (Å²) in [5.41, 5.74) is 0. The van der Waals surface area contributed by atoms with Crippen LogP contribution in [0.15, 0.2) is 0 Å². The Labute approximate surface area is 110 Å². The molecule has 1 N–H and O–H groups in total. The summed E-state index contributed by atoms with van der Waals surface area (Å²) >= 11 is 0. The molecule has 1 aliphatic heterocycles. The number of ether oxygens (including phenoxy) is 1. The lowest BCUT2D eigenvalue weighted by atomic mass is 9.98. The van der Waals surface area contributed by atoms with Crippen LogP contribution in [0.25, 0.3) is 0 Å². The van der Waals surface area contributed by atoms with E-state index in [9.17, 15) is 4.79 Å². The van der Waals surface area contributed by atoms with E-state index in [2.05, 4.69) is 23.6 Å². The fourth-order valence-electron chi connectivity index (χ4n) is 2.56. The highest BCUT2D eigenvalue weighted by Crippen LogP contribution is 2.23. The van der Waals surface area contributed by atoms with Gasteiger partial charge < -0.3 is 14.7 Å². The summed E-state index contributed by atoms with van der Waals surface area (Å²) < 4.78 is 5.71. The van der Waals surface area contributed by atoms with Gasteiger partial charge in [0.05, 0.1) is 18.8 Å². The SMILES string of the molecule is CC1CC(N(CCN(C)C)CC(=O)O)CC(C)O1. The van der Waals surface area contributed by atoms with Gasteiger partial charge in [-0.05, 0) is 40.8 Å². The van der Waals surface area contributed by atoms with Crippen LogP contribution in [0.2, 0.25) is 0 Å². The molecule has 5 nitrogen and oxygen atoms in total. The van der Waals surface area contributed by atoms with E-state index >= 15 is 0 Å². The van der Waals surface area contributed by atoms with Gasteiger partial charge in [-0.25, -0.2) is 0 Å². The van der Waals surface area contributed by atoms with Crippen molar-refractivity contribution in [3.8, 4) is 0 Å². The van der Waals surface area contributed by atoms with Crippen molar-refractivity contribution in [1.29, 1.82) is 0 Å². The Morgan fingerprint density at radius 2 is 1.78 bits per heavy atom. The molecule has 0 radical (unpaired) electrons. The molecule has 0 bridgehead atoms. The Morgan fingerprint density at radius 1 is 1.22 bits per heavy atom. The fourth-order valence-corrected chi connectivity index (χ4v) is 2.56. The van der Waals surface area contributed by atoms with E-state index in [0.29, 0.717) is 6.04 Å². The molecule has 0 aromatic heterocycles. The van der Waals surface area contributed by atoms with Crippen LogP contribution in [-0.4, -0.2) is 72.9 Å². The van der Waals surface area contributed by atoms with E-state index in [-0.39, 0.29) is 18.8 Å². The summed E-state index contributed by atoms with van der Waals surface area (Å²) in [5, 5.41) is 9.03. The number of rotatable bonds is 6. The molecule has 18 heavy (non-hydrogen) atoms. The zero-order chi connectivity index (χ0) is 13.7. The third kappa shape index (κ3) is 5.33. The van der Waals surface area contributed by atoms with Crippen LogP contribution < -0.4 is 0 Å². The molecule has 0 aromatic rings. The van der Waals surface area contributed by atoms with Crippen molar-refractivity contribution in [3.05, 3.63) is 0 Å². The molecular formula is C13H26N2O3. The second-order valence-electron chi connectivity index (χ2n) is 5.55. The molecule has 1 rings (SSSR count). The van der Waals surface area contributed by atoms with Gasteiger partial charge >= 0.3 is 5.97 Å². The number of carboxylic acids is 1. The van der Waals surface area contributed by atoms with E-state index in [1.165, 1.54) is 0 Å². The lowest BCUT2D eigenvalue weighted by molar-refractivity contribution is -0.140. The highest BCUT2D eigenvalue weighted by Gasteiger charge is 2.29. The molecule has 1 saturated heterocycles. The number of carbonyl (C=O) groups is 1. The smallest absolute Gasteiger partial charge is 0.317 e. The van der Waals surface area contributed by atoms with E-state index in [1.807, 2.05) is 14.1 Å². The molecule has 0 saturated carbocycles. The van der Waals surface area contributed by atoms with Crippen LogP contribution in [0, 0.1) is 0 Å². The number of hydrogen-bond acceptors (Lipinski definition) is 4. The third-order valence-electron chi connectivity index (χ3n) is 3.36. The monoisotopic (exact) mass is 258 g/mol. The van der Waals surface area contributed by atoms with Gasteiger partial charge in [0.2, 0.25) is 0 Å². The highest BCUT2D eigenvalue weighted by molar-refractivity contribution is 5.69. The van der Waals surface area contributed by atoms with Crippen LogP contribution in [-0.2, 0) is 9.53 Å². The molecule has 2 unspecified atom stereocenters. The zero-order valence-corrected chi connectivity index (χ0v) is 11.9. The van der Waals surface area contributed by atoms with Gasteiger partial charge in [-0.3, -0.25) is 9.69 Å². The molecule has 1 heterocycles. The maximum Gasteiger partial charge on any atom is 0.317 e. The Kier molecular flexibility index (Phi) is 6.05. The van der Waals surface area contributed by atoms with Crippen molar-refractivity contribution in [2.24, 2.45) is 0 Å². The number of aliphatic carboxylic acids is 1. The van der Waals surface area contributed by atoms with Gasteiger partial charge in [0.1, 0.15) is 0 Å². The molecule has 2 atom stereocenters. The Bertz CT molecular complexity index is 261. The van der Waals surface area contributed by atoms with Gasteiger partial charge in [0.15, 0.2) is 0 Å². The normalized spacial score (nSPS) is 28.9. The van der Waals surface area contributed by atoms with Crippen molar-refractivity contribution in [1.82, 2.24) is 9.80 Å². The topological polar surface area (TPSA) is 53.0 Å². The molecule has 0 spiro atoms. The molecule has 0 aliphatic carbocycles. The van der Waals surface area contributed by atoms with Gasteiger partial charge in [-0.15, -0.1) is 0 Å². The summed E-state index contributed by atoms with van der Waals surface area (Å²) in [7, 11) is 4.02. The Balaban J connectivity index is 2.59. The van der Waals surface area contributed by atoms with E-state index in [0.717, 1.165) is 25.9 Å². The van der Waals surface area contributed by atoms with Crippen molar-refractivity contribution in [2.45, 2.75) is 44.9 Å². The zero-order valence-electron chi connectivity index (χ0n) is 11.9. The lowest BCUT2D eigenvalue weighted by Crippen LogP contribution is -2.48. The van der Waals surface area contributed by atoms with Crippen LogP contribution in [0.4, 0.5) is 0 Å². The number of nitrogens with zero attached hydrogens (tertiary/aromatic N) is 2. The molecule has 1 aliphatic rings. The van der Waals surface area contributed by atoms with E-state index in [4.69, 9.17) is 9.84 Å². The third-order valence-corrected chi connectivity index (χ3v) is 3.36. The molecule has 1 fully saturated rings. The molecule has 106 valence electrons. The summed E-state index contributed by atoms with van der Waals surface area (Å²) in [6.45, 7) is 5.93. The van der Waals surface area contributed by atoms with Crippen molar-refractivity contribution >= 4 is 5.97 Å². The standard InChI is InChI=1S/C13H26N2O3/c1-10-7-12(8-11(2)18-10)15(9-13(16)17)6-5-14(3)4/h10-12H,5-9H2,1-4H3,(H,16,17). The molecule has 0 amide bonds. The highest BCUT2D eigenvalue weighted by atomic mass is 16.5. The van der Waals surface area contributed by atoms with Crippen molar-refractivity contribution in [3.63, 3.8) is 0 Å². The average Bonchev–Trinajstić information content (AvgIpc) is 2.22. The first-order valence-electron chi connectivity index (χ1n) is 6.64. The minimum Gasteiger partial charge on any atom is -0.480 e. The fraction of sp³-hybridized carbons (Fsp3) is 0.923. The van der Waals surface area contributed by atoms with Crippen LogP contribution >= 0.6 is 0 Å². The van der Waals surface area contributed by atoms with Crippen LogP contribution in [0.1, 0.15) is 26.7 Å². The summed E-state index contributed by atoms with van der Waals surface area (Å²) in [4.78, 5) is 15.1.